The van der Waals surface area contributed by atoms with Gasteiger partial charge in [-0.1, -0.05) is 13.8 Å². The van der Waals surface area contributed by atoms with Crippen LogP contribution in [0.15, 0.2) is 6.07 Å². The normalized spacial score (nSPS) is 13.5. The average Bonchev–Trinajstić information content (AvgIpc) is 2.25. The van der Waals surface area contributed by atoms with Crippen LogP contribution in [-0.2, 0) is 6.18 Å². The van der Waals surface area contributed by atoms with E-state index in [1.807, 2.05) is 19.3 Å². The predicted octanol–water partition coefficient (Wildman–Crippen LogP) is 2.59. The highest BCUT2D eigenvalue weighted by Crippen LogP contribution is 2.30. The van der Waals surface area contributed by atoms with Crippen LogP contribution < -0.4 is 16.0 Å². The van der Waals surface area contributed by atoms with Crippen LogP contribution in [0, 0.1) is 5.92 Å². The molecular formula is C11H17F3N4O. The molecular weight excluding hydrogens is 261 g/mol. The van der Waals surface area contributed by atoms with Crippen molar-refractivity contribution in [2.75, 3.05) is 5.43 Å². The molecule has 0 aliphatic carbocycles. The highest BCUT2D eigenvalue weighted by molar-refractivity contribution is 5.30. The molecule has 5 nitrogen and oxygen atoms in total. The van der Waals surface area contributed by atoms with Gasteiger partial charge in [-0.25, -0.2) is 10.8 Å². The maximum Gasteiger partial charge on any atom is 0.433 e. The quantitative estimate of drug-likeness (QED) is 0.639. The van der Waals surface area contributed by atoms with Crippen molar-refractivity contribution in [3.05, 3.63) is 11.8 Å². The third-order valence-corrected chi connectivity index (χ3v) is 2.25. The maximum atomic E-state index is 12.6. The fourth-order valence-electron chi connectivity index (χ4n) is 1.61. The minimum absolute atomic E-state index is 0.150. The monoisotopic (exact) mass is 278 g/mol. The van der Waals surface area contributed by atoms with E-state index >= 15 is 0 Å². The van der Waals surface area contributed by atoms with Crippen LogP contribution in [0.2, 0.25) is 0 Å². The van der Waals surface area contributed by atoms with Gasteiger partial charge in [0.15, 0.2) is 5.69 Å². The van der Waals surface area contributed by atoms with E-state index < -0.39 is 11.9 Å². The number of halogens is 3. The predicted molar refractivity (Wildman–Crippen MR) is 64.4 cm³/mol. The summed E-state index contributed by atoms with van der Waals surface area (Å²) in [6.45, 7) is 5.76. The zero-order valence-corrected chi connectivity index (χ0v) is 11.0. The molecule has 1 aromatic heterocycles. The summed E-state index contributed by atoms with van der Waals surface area (Å²) in [7, 11) is 0. The van der Waals surface area contributed by atoms with E-state index in [2.05, 4.69) is 9.97 Å². The summed E-state index contributed by atoms with van der Waals surface area (Å²) in [6, 6.07) is 0.762. The molecule has 0 aliphatic heterocycles. The summed E-state index contributed by atoms with van der Waals surface area (Å²) in [4.78, 5) is 6.98. The number of aromatic nitrogens is 2. The summed E-state index contributed by atoms with van der Waals surface area (Å²) in [5.41, 5.74) is 0.896. The topological polar surface area (TPSA) is 73.1 Å². The first-order chi connectivity index (χ1) is 8.72. The zero-order chi connectivity index (χ0) is 14.6. The number of rotatable bonds is 5. The van der Waals surface area contributed by atoms with Gasteiger partial charge in [-0.3, -0.25) is 5.43 Å². The Morgan fingerprint density at radius 1 is 1.32 bits per heavy atom. The molecule has 1 rings (SSSR count). The second-order valence-electron chi connectivity index (χ2n) is 4.62. The van der Waals surface area contributed by atoms with E-state index in [1.165, 1.54) is 0 Å². The van der Waals surface area contributed by atoms with Crippen molar-refractivity contribution in [3.8, 4) is 5.88 Å². The Morgan fingerprint density at radius 2 is 1.95 bits per heavy atom. The molecule has 1 aromatic rings. The molecule has 0 saturated heterocycles. The number of hydrazine groups is 1. The van der Waals surface area contributed by atoms with E-state index in [1.54, 1.807) is 6.92 Å². The summed E-state index contributed by atoms with van der Waals surface area (Å²) < 4.78 is 43.2. The molecule has 0 aromatic carbocycles. The molecule has 0 amide bonds. The smallest absolute Gasteiger partial charge is 0.433 e. The van der Waals surface area contributed by atoms with Gasteiger partial charge >= 0.3 is 6.18 Å². The van der Waals surface area contributed by atoms with Crippen LogP contribution in [0.3, 0.4) is 0 Å². The maximum absolute atomic E-state index is 12.6. The third-order valence-electron chi connectivity index (χ3n) is 2.25. The summed E-state index contributed by atoms with van der Waals surface area (Å²) in [5, 5.41) is 0. The SMILES string of the molecule is CC(C)CC(C)Oc1cc(C(F)(F)F)nc(NN)n1. The fraction of sp³-hybridized carbons (Fsp3) is 0.636. The van der Waals surface area contributed by atoms with Crippen molar-refractivity contribution in [1.82, 2.24) is 9.97 Å². The van der Waals surface area contributed by atoms with Crippen LogP contribution in [0.1, 0.15) is 32.9 Å². The van der Waals surface area contributed by atoms with Crippen LogP contribution in [0.4, 0.5) is 19.1 Å². The van der Waals surface area contributed by atoms with Crippen molar-refractivity contribution in [2.24, 2.45) is 11.8 Å². The fourth-order valence-corrected chi connectivity index (χ4v) is 1.61. The molecule has 1 atom stereocenters. The van der Waals surface area contributed by atoms with E-state index in [9.17, 15) is 13.2 Å². The lowest BCUT2D eigenvalue weighted by Crippen LogP contribution is -2.19. The lowest BCUT2D eigenvalue weighted by atomic mass is 10.1. The second kappa shape index (κ2) is 6.05. The molecule has 19 heavy (non-hydrogen) atoms. The molecule has 0 spiro atoms. The standard InChI is InChI=1S/C11H17F3N4O/c1-6(2)4-7(3)19-9-5-8(11(12,13)14)16-10(17-9)18-15/h5-7H,4,15H2,1-3H3,(H,16,17,18). The van der Waals surface area contributed by atoms with Crippen molar-refractivity contribution in [1.29, 1.82) is 0 Å². The van der Waals surface area contributed by atoms with Gasteiger partial charge < -0.3 is 4.74 Å². The number of hydrogen-bond acceptors (Lipinski definition) is 5. The van der Waals surface area contributed by atoms with Gasteiger partial charge in [0.05, 0.1) is 6.10 Å². The molecule has 0 fully saturated rings. The molecule has 8 heteroatoms. The van der Waals surface area contributed by atoms with E-state index in [-0.39, 0.29) is 17.9 Å². The first kappa shape index (κ1) is 15.5. The summed E-state index contributed by atoms with van der Waals surface area (Å²) in [5.74, 6) is 4.93. The number of nitrogens with one attached hydrogen (secondary N) is 1. The molecule has 108 valence electrons. The first-order valence-electron chi connectivity index (χ1n) is 5.82. The molecule has 3 N–H and O–H groups in total. The largest absolute Gasteiger partial charge is 0.475 e. The summed E-state index contributed by atoms with van der Waals surface area (Å²) >= 11 is 0. The minimum atomic E-state index is -4.58. The minimum Gasteiger partial charge on any atom is -0.475 e. The van der Waals surface area contributed by atoms with Crippen LogP contribution in [-0.4, -0.2) is 16.1 Å². The molecule has 1 unspecified atom stereocenters. The van der Waals surface area contributed by atoms with Crippen LogP contribution in [0.5, 0.6) is 5.88 Å². The van der Waals surface area contributed by atoms with E-state index in [4.69, 9.17) is 10.6 Å². The van der Waals surface area contributed by atoms with Gasteiger partial charge in [0.1, 0.15) is 0 Å². The van der Waals surface area contributed by atoms with E-state index in [0.29, 0.717) is 12.3 Å². The van der Waals surface area contributed by atoms with Crippen molar-refractivity contribution in [2.45, 2.75) is 39.5 Å². The van der Waals surface area contributed by atoms with Crippen molar-refractivity contribution >= 4 is 5.95 Å². The Labute approximate surface area is 109 Å². The highest BCUT2D eigenvalue weighted by Gasteiger charge is 2.34. The summed E-state index contributed by atoms with van der Waals surface area (Å²) in [6.07, 6.45) is -4.12. The van der Waals surface area contributed by atoms with Gasteiger partial charge in [-0.05, 0) is 19.3 Å². The number of nitrogens with two attached hydrogens (primary N) is 1. The first-order valence-corrected chi connectivity index (χ1v) is 5.82. The van der Waals surface area contributed by atoms with Crippen molar-refractivity contribution < 1.29 is 17.9 Å². The van der Waals surface area contributed by atoms with Gasteiger partial charge in [0.25, 0.3) is 0 Å². The van der Waals surface area contributed by atoms with Crippen LogP contribution in [0.25, 0.3) is 0 Å². The van der Waals surface area contributed by atoms with Gasteiger partial charge in [0, 0.05) is 6.07 Å². The molecule has 0 aliphatic rings. The van der Waals surface area contributed by atoms with Gasteiger partial charge in [-0.2, -0.15) is 18.2 Å². The Bertz CT molecular complexity index is 423. The lowest BCUT2D eigenvalue weighted by Gasteiger charge is -2.17. The third kappa shape index (κ3) is 4.90. The lowest BCUT2D eigenvalue weighted by molar-refractivity contribution is -0.141. The Hall–Kier alpha value is -1.57. The number of ether oxygens (including phenoxy) is 1. The van der Waals surface area contributed by atoms with Crippen molar-refractivity contribution in [3.63, 3.8) is 0 Å². The number of hydrogen-bond donors (Lipinski definition) is 2. The molecule has 0 saturated carbocycles. The molecule has 1 heterocycles. The Balaban J connectivity index is 2.94. The second-order valence-corrected chi connectivity index (χ2v) is 4.62. The highest BCUT2D eigenvalue weighted by atomic mass is 19.4. The molecule has 0 radical (unpaired) electrons. The number of nitrogen functional groups attached to an aromatic ring is 1. The van der Waals surface area contributed by atoms with Gasteiger partial charge in [0.2, 0.25) is 11.8 Å². The Morgan fingerprint density at radius 3 is 2.42 bits per heavy atom. The van der Waals surface area contributed by atoms with Crippen LogP contribution >= 0.6 is 0 Å². The Kier molecular flexibility index (Phi) is 4.93. The molecule has 0 bridgehead atoms. The van der Waals surface area contributed by atoms with Gasteiger partial charge in [-0.15, -0.1) is 0 Å². The zero-order valence-electron chi connectivity index (χ0n) is 11.0. The number of alkyl halides is 3. The number of anilines is 1. The van der Waals surface area contributed by atoms with E-state index in [0.717, 1.165) is 6.07 Å². The number of nitrogens with zero attached hydrogens (tertiary/aromatic N) is 2. The average molecular weight is 278 g/mol.